The van der Waals surface area contributed by atoms with Crippen molar-refractivity contribution in [2.45, 2.75) is 20.0 Å². The van der Waals surface area contributed by atoms with E-state index in [1.807, 2.05) is 17.7 Å². The smallest absolute Gasteiger partial charge is 0.268 e. The Morgan fingerprint density at radius 2 is 2.05 bits per heavy atom. The molecule has 0 fully saturated rings. The predicted molar refractivity (Wildman–Crippen MR) is 83.1 cm³/mol. The fourth-order valence-electron chi connectivity index (χ4n) is 1.87. The molecule has 1 N–H and O–H groups in total. The summed E-state index contributed by atoms with van der Waals surface area (Å²) in [6.07, 6.45) is 1.84. The average Bonchev–Trinajstić information content (AvgIpc) is 2.80. The highest BCUT2D eigenvalue weighted by Gasteiger charge is 2.13. The molecule has 1 aromatic heterocycles. The summed E-state index contributed by atoms with van der Waals surface area (Å²) in [5.74, 6) is -0.558. The number of carbonyl (C=O) groups excluding carboxylic acids is 1. The van der Waals surface area contributed by atoms with Crippen molar-refractivity contribution in [1.29, 1.82) is 0 Å². The van der Waals surface area contributed by atoms with Crippen LogP contribution in [0.4, 0.5) is 4.39 Å². The van der Waals surface area contributed by atoms with Crippen LogP contribution in [0.3, 0.4) is 0 Å². The lowest BCUT2D eigenvalue weighted by atomic mass is 10.2. The fraction of sp³-hybridized carbons (Fsp3) is 0.214. The first-order chi connectivity index (χ1) is 9.51. The van der Waals surface area contributed by atoms with Crippen LogP contribution < -0.4 is 5.32 Å². The normalized spacial score (nSPS) is 10.6. The van der Waals surface area contributed by atoms with Crippen LogP contribution in [0, 0.1) is 5.82 Å². The molecule has 0 aliphatic carbocycles. The summed E-state index contributed by atoms with van der Waals surface area (Å²) in [7, 11) is 0. The Balaban J connectivity index is 2.10. The third-order valence-electron chi connectivity index (χ3n) is 2.88. The maximum atomic E-state index is 13.6. The Hall–Kier alpha value is -1.14. The minimum absolute atomic E-state index is 0.149. The molecule has 0 saturated carbocycles. The summed E-state index contributed by atoms with van der Waals surface area (Å²) in [5, 5.41) is 2.73. The maximum Gasteiger partial charge on any atom is 0.268 e. The van der Waals surface area contributed by atoms with Gasteiger partial charge in [-0.15, -0.1) is 0 Å². The number of amides is 1. The zero-order valence-corrected chi connectivity index (χ0v) is 14.0. The molecule has 20 heavy (non-hydrogen) atoms. The van der Waals surface area contributed by atoms with Crippen molar-refractivity contribution in [3.8, 4) is 0 Å². The molecule has 106 valence electrons. The van der Waals surface area contributed by atoms with Crippen LogP contribution in [-0.2, 0) is 13.1 Å². The topological polar surface area (TPSA) is 34.0 Å². The number of hydrogen-bond donors (Lipinski definition) is 1. The van der Waals surface area contributed by atoms with E-state index in [0.29, 0.717) is 17.8 Å². The van der Waals surface area contributed by atoms with Crippen LogP contribution in [0.2, 0.25) is 0 Å². The van der Waals surface area contributed by atoms with Crippen molar-refractivity contribution in [1.82, 2.24) is 9.88 Å². The van der Waals surface area contributed by atoms with Gasteiger partial charge in [0, 0.05) is 33.8 Å². The Kier molecular flexibility index (Phi) is 4.99. The Labute approximate surface area is 133 Å². The lowest BCUT2D eigenvalue weighted by Crippen LogP contribution is -2.25. The van der Waals surface area contributed by atoms with Gasteiger partial charge in [-0.25, -0.2) is 4.39 Å². The second-order valence-corrected chi connectivity index (χ2v) is 6.08. The van der Waals surface area contributed by atoms with Gasteiger partial charge in [-0.2, -0.15) is 0 Å². The molecule has 2 rings (SSSR count). The molecule has 1 amide bonds. The summed E-state index contributed by atoms with van der Waals surface area (Å²) in [4.78, 5) is 12.1. The van der Waals surface area contributed by atoms with Gasteiger partial charge in [0.15, 0.2) is 0 Å². The number of nitrogens with zero attached hydrogens (tertiary/aromatic N) is 1. The Morgan fingerprint density at radius 3 is 2.75 bits per heavy atom. The van der Waals surface area contributed by atoms with Crippen molar-refractivity contribution in [3.63, 3.8) is 0 Å². The van der Waals surface area contributed by atoms with Crippen molar-refractivity contribution in [2.75, 3.05) is 0 Å². The number of hydrogen-bond acceptors (Lipinski definition) is 1. The van der Waals surface area contributed by atoms with Gasteiger partial charge < -0.3 is 9.88 Å². The number of rotatable bonds is 4. The highest BCUT2D eigenvalue weighted by Crippen LogP contribution is 2.17. The standard InChI is InChI=1S/C14H13Br2FN2O/c1-2-19-8-11(16)6-13(19)14(20)18-7-9-5-10(15)3-4-12(9)17/h3-6,8H,2,7H2,1H3,(H,18,20). The molecule has 0 spiro atoms. The van der Waals surface area contributed by atoms with E-state index in [1.165, 1.54) is 6.07 Å². The van der Waals surface area contributed by atoms with Crippen LogP contribution in [0.15, 0.2) is 39.4 Å². The molecule has 0 unspecified atom stereocenters. The summed E-state index contributed by atoms with van der Waals surface area (Å²) in [6, 6.07) is 6.40. The van der Waals surface area contributed by atoms with E-state index in [2.05, 4.69) is 37.2 Å². The minimum Gasteiger partial charge on any atom is -0.347 e. The van der Waals surface area contributed by atoms with Gasteiger partial charge in [-0.1, -0.05) is 15.9 Å². The van der Waals surface area contributed by atoms with Crippen LogP contribution in [-0.4, -0.2) is 10.5 Å². The highest BCUT2D eigenvalue weighted by molar-refractivity contribution is 9.10. The third-order valence-corrected chi connectivity index (χ3v) is 3.81. The molecule has 6 heteroatoms. The van der Waals surface area contributed by atoms with Gasteiger partial charge in [0.2, 0.25) is 0 Å². The number of nitrogens with one attached hydrogen (secondary N) is 1. The molecule has 3 nitrogen and oxygen atoms in total. The number of halogens is 3. The first-order valence-electron chi connectivity index (χ1n) is 6.09. The molecule has 0 atom stereocenters. The minimum atomic E-state index is -0.333. The summed E-state index contributed by atoms with van der Waals surface area (Å²) in [6.45, 7) is 2.80. The molecular weight excluding hydrogens is 391 g/mol. The molecular formula is C14H13Br2FN2O. The van der Waals surface area contributed by atoms with Gasteiger partial charge >= 0.3 is 0 Å². The summed E-state index contributed by atoms with van der Waals surface area (Å²) in [5.41, 5.74) is 0.996. The van der Waals surface area contributed by atoms with Gasteiger partial charge in [0.05, 0.1) is 0 Å². The summed E-state index contributed by atoms with van der Waals surface area (Å²) < 4.78 is 17.0. The Morgan fingerprint density at radius 1 is 1.30 bits per heavy atom. The van der Waals surface area contributed by atoms with E-state index in [1.54, 1.807) is 18.2 Å². The molecule has 0 radical (unpaired) electrons. The number of carbonyl (C=O) groups is 1. The van der Waals surface area contributed by atoms with E-state index in [-0.39, 0.29) is 18.3 Å². The van der Waals surface area contributed by atoms with Crippen LogP contribution >= 0.6 is 31.9 Å². The SMILES string of the molecule is CCn1cc(Br)cc1C(=O)NCc1cc(Br)ccc1F. The van der Waals surface area contributed by atoms with Crippen LogP contribution in [0.25, 0.3) is 0 Å². The quantitative estimate of drug-likeness (QED) is 0.819. The van der Waals surface area contributed by atoms with Gasteiger partial charge in [-0.3, -0.25) is 4.79 Å². The van der Waals surface area contributed by atoms with Crippen molar-refractivity contribution in [2.24, 2.45) is 0 Å². The number of aryl methyl sites for hydroxylation is 1. The third kappa shape index (κ3) is 3.49. The van der Waals surface area contributed by atoms with Crippen molar-refractivity contribution in [3.05, 3.63) is 56.5 Å². The van der Waals surface area contributed by atoms with Crippen LogP contribution in [0.5, 0.6) is 0 Å². The predicted octanol–water partition coefficient (Wildman–Crippen LogP) is 4.10. The molecule has 0 aliphatic heterocycles. The highest BCUT2D eigenvalue weighted by atomic mass is 79.9. The van der Waals surface area contributed by atoms with Gasteiger partial charge in [-0.05, 0) is 47.1 Å². The molecule has 0 saturated heterocycles. The first kappa shape index (κ1) is 15.3. The second kappa shape index (κ2) is 6.54. The first-order valence-corrected chi connectivity index (χ1v) is 7.67. The molecule has 1 heterocycles. The van der Waals surface area contributed by atoms with E-state index < -0.39 is 0 Å². The van der Waals surface area contributed by atoms with Crippen molar-refractivity contribution < 1.29 is 9.18 Å². The molecule has 1 aromatic carbocycles. The molecule has 0 bridgehead atoms. The van der Waals surface area contributed by atoms with Crippen molar-refractivity contribution >= 4 is 37.8 Å². The molecule has 2 aromatic rings. The zero-order valence-electron chi connectivity index (χ0n) is 10.8. The van der Waals surface area contributed by atoms with Gasteiger partial charge in [0.25, 0.3) is 5.91 Å². The lowest BCUT2D eigenvalue weighted by molar-refractivity contribution is 0.0941. The monoisotopic (exact) mass is 402 g/mol. The fourth-order valence-corrected chi connectivity index (χ4v) is 2.74. The maximum absolute atomic E-state index is 13.6. The number of benzene rings is 1. The zero-order chi connectivity index (χ0) is 14.7. The van der Waals surface area contributed by atoms with Crippen LogP contribution in [0.1, 0.15) is 23.0 Å². The largest absolute Gasteiger partial charge is 0.347 e. The Bertz CT molecular complexity index is 640. The average molecular weight is 404 g/mol. The number of aromatic nitrogens is 1. The van der Waals surface area contributed by atoms with E-state index in [9.17, 15) is 9.18 Å². The molecule has 0 aliphatic rings. The lowest BCUT2D eigenvalue weighted by Gasteiger charge is -2.08. The van der Waals surface area contributed by atoms with E-state index in [0.717, 1.165) is 8.95 Å². The second-order valence-electron chi connectivity index (χ2n) is 4.25. The summed E-state index contributed by atoms with van der Waals surface area (Å²) >= 11 is 6.63. The van der Waals surface area contributed by atoms with Gasteiger partial charge in [0.1, 0.15) is 11.5 Å². The van der Waals surface area contributed by atoms with E-state index in [4.69, 9.17) is 0 Å². The van der Waals surface area contributed by atoms with E-state index >= 15 is 0 Å².